The lowest BCUT2D eigenvalue weighted by molar-refractivity contribution is 0.100. The fourth-order valence-electron chi connectivity index (χ4n) is 1.18. The second-order valence-electron chi connectivity index (χ2n) is 3.13. The van der Waals surface area contributed by atoms with Crippen LogP contribution >= 0.6 is 15.9 Å². The number of carbonyl (C=O) groups excluding carboxylic acids is 1. The summed E-state index contributed by atoms with van der Waals surface area (Å²) in [6.45, 7) is 0.0682. The van der Waals surface area contributed by atoms with E-state index in [-0.39, 0.29) is 12.3 Å². The quantitative estimate of drug-likeness (QED) is 0.659. The van der Waals surface area contributed by atoms with Gasteiger partial charge >= 0.3 is 0 Å². The summed E-state index contributed by atoms with van der Waals surface area (Å²) in [5.74, 6) is -0.0222. The first-order valence-electron chi connectivity index (χ1n) is 4.83. The molecule has 0 radical (unpaired) electrons. The van der Waals surface area contributed by atoms with Crippen LogP contribution in [0.15, 0.2) is 30.3 Å². The third-order valence-electron chi connectivity index (χ3n) is 2.00. The normalized spacial score (nSPS) is 10.8. The van der Waals surface area contributed by atoms with Gasteiger partial charge in [0.15, 0.2) is 5.78 Å². The van der Waals surface area contributed by atoms with Gasteiger partial charge in [0.1, 0.15) is 0 Å². The lowest BCUT2D eigenvalue weighted by atomic mass is 10.1. The van der Waals surface area contributed by atoms with Gasteiger partial charge in [0, 0.05) is 10.9 Å². The van der Waals surface area contributed by atoms with Crippen molar-refractivity contribution in [2.75, 3.05) is 11.9 Å². The van der Waals surface area contributed by atoms with Crippen molar-refractivity contribution < 1.29 is 4.79 Å². The summed E-state index contributed by atoms with van der Waals surface area (Å²) in [7, 11) is 0. The van der Waals surface area contributed by atoms with Gasteiger partial charge in [-0.2, -0.15) is 0 Å². The second kappa shape index (κ2) is 6.53. The molecule has 2 nitrogen and oxygen atoms in total. The van der Waals surface area contributed by atoms with Crippen LogP contribution in [-0.2, 0) is 0 Å². The van der Waals surface area contributed by atoms with Gasteiger partial charge in [-0.3, -0.25) is 4.79 Å². The highest BCUT2D eigenvalue weighted by molar-refractivity contribution is 9.09. The fourth-order valence-corrected chi connectivity index (χ4v) is 1.44. The summed E-state index contributed by atoms with van der Waals surface area (Å²) in [4.78, 5) is 11.2. The van der Waals surface area contributed by atoms with Gasteiger partial charge in [-0.1, -0.05) is 52.3 Å². The average molecular weight is 268 g/mol. The first-order valence-corrected chi connectivity index (χ1v) is 5.96. The van der Waals surface area contributed by atoms with Gasteiger partial charge in [0.25, 0.3) is 0 Å². The average Bonchev–Trinajstić information content (AvgIpc) is 2.29. The number of alkyl halides is 1. The number of allylic oxidation sites excluding steroid dienone is 1. The summed E-state index contributed by atoms with van der Waals surface area (Å²) in [6, 6.07) is 7.47. The van der Waals surface area contributed by atoms with E-state index in [1.165, 1.54) is 0 Å². The molecule has 0 atom stereocenters. The predicted molar refractivity (Wildman–Crippen MR) is 67.3 cm³/mol. The van der Waals surface area contributed by atoms with Crippen molar-refractivity contribution in [2.24, 2.45) is 5.73 Å². The van der Waals surface area contributed by atoms with E-state index < -0.39 is 0 Å². The molecule has 0 bridgehead atoms. The van der Waals surface area contributed by atoms with Crippen LogP contribution in [0.5, 0.6) is 0 Å². The molecule has 0 heterocycles. The van der Waals surface area contributed by atoms with Gasteiger partial charge in [-0.15, -0.1) is 0 Å². The smallest absolute Gasteiger partial charge is 0.176 e. The van der Waals surface area contributed by atoms with Crippen molar-refractivity contribution in [1.82, 2.24) is 0 Å². The number of hydrogen-bond donors (Lipinski definition) is 1. The maximum absolute atomic E-state index is 11.2. The molecule has 0 aliphatic carbocycles. The van der Waals surface area contributed by atoms with Crippen LogP contribution in [0.2, 0.25) is 0 Å². The Kier molecular flexibility index (Phi) is 5.29. The van der Waals surface area contributed by atoms with Crippen molar-refractivity contribution in [3.8, 4) is 0 Å². The number of ketones is 1. The number of hydrogen-bond acceptors (Lipinski definition) is 2. The molecule has 0 aliphatic heterocycles. The number of Topliss-reactive ketones (excluding diaryl/α,β-unsaturated/α-hetero) is 1. The number of nitrogens with two attached hydrogens (primary N) is 1. The van der Waals surface area contributed by atoms with Crippen LogP contribution < -0.4 is 5.73 Å². The van der Waals surface area contributed by atoms with Crippen LogP contribution in [-0.4, -0.2) is 17.7 Å². The van der Waals surface area contributed by atoms with Gasteiger partial charge in [-0.05, 0) is 12.0 Å². The van der Waals surface area contributed by atoms with E-state index in [0.717, 1.165) is 17.3 Å². The van der Waals surface area contributed by atoms with Gasteiger partial charge in [0.2, 0.25) is 0 Å². The molecule has 0 unspecified atom stereocenters. The van der Waals surface area contributed by atoms with Crippen molar-refractivity contribution in [3.63, 3.8) is 0 Å². The fraction of sp³-hybridized carbons (Fsp3) is 0.250. The highest BCUT2D eigenvalue weighted by Crippen LogP contribution is 2.07. The Labute approximate surface area is 98.3 Å². The molecule has 0 spiro atoms. The molecule has 0 fully saturated rings. The molecule has 0 saturated carbocycles. The predicted octanol–water partition coefficient (Wildman–Crippen LogP) is 2.63. The monoisotopic (exact) mass is 267 g/mol. The molecule has 0 amide bonds. The highest BCUT2D eigenvalue weighted by Gasteiger charge is 2.00. The minimum atomic E-state index is -0.0222. The third-order valence-corrected chi connectivity index (χ3v) is 2.46. The Hall–Kier alpha value is -0.930. The van der Waals surface area contributed by atoms with Crippen LogP contribution in [0.25, 0.3) is 6.08 Å². The van der Waals surface area contributed by atoms with Gasteiger partial charge in [0.05, 0.1) is 6.54 Å². The maximum atomic E-state index is 11.2. The standard InChI is InChI=1S/C12H14BrNO/c13-8-2-1-3-10-4-6-11(7-5-10)12(15)9-14/h1,3-7H,2,8-9,14H2. The molecular formula is C12H14BrNO. The largest absolute Gasteiger partial charge is 0.324 e. The van der Waals surface area contributed by atoms with Gasteiger partial charge in [-0.25, -0.2) is 0 Å². The van der Waals surface area contributed by atoms with Crippen molar-refractivity contribution in [2.45, 2.75) is 6.42 Å². The second-order valence-corrected chi connectivity index (χ2v) is 3.92. The summed E-state index contributed by atoms with van der Waals surface area (Å²) in [5, 5.41) is 0.966. The van der Waals surface area contributed by atoms with E-state index in [0.29, 0.717) is 5.56 Å². The zero-order valence-corrected chi connectivity index (χ0v) is 10.0. The Morgan fingerprint density at radius 1 is 1.33 bits per heavy atom. The summed E-state index contributed by atoms with van der Waals surface area (Å²) in [5.41, 5.74) is 7.05. The van der Waals surface area contributed by atoms with E-state index in [2.05, 4.69) is 22.0 Å². The topological polar surface area (TPSA) is 43.1 Å². The summed E-state index contributed by atoms with van der Waals surface area (Å²) >= 11 is 3.35. The Bertz CT molecular complexity index is 343. The zero-order chi connectivity index (χ0) is 11.1. The van der Waals surface area contributed by atoms with Crippen molar-refractivity contribution >= 4 is 27.8 Å². The first-order chi connectivity index (χ1) is 7.27. The zero-order valence-electron chi connectivity index (χ0n) is 8.45. The lowest BCUT2D eigenvalue weighted by Gasteiger charge is -1.98. The maximum Gasteiger partial charge on any atom is 0.176 e. The minimum absolute atomic E-state index is 0.0222. The van der Waals surface area contributed by atoms with Crippen molar-refractivity contribution in [3.05, 3.63) is 41.5 Å². The molecule has 0 aromatic heterocycles. The van der Waals surface area contributed by atoms with E-state index >= 15 is 0 Å². The van der Waals surface area contributed by atoms with E-state index in [9.17, 15) is 4.79 Å². The Balaban J connectivity index is 2.68. The molecule has 80 valence electrons. The van der Waals surface area contributed by atoms with Gasteiger partial charge < -0.3 is 5.73 Å². The van der Waals surface area contributed by atoms with E-state index in [1.54, 1.807) is 0 Å². The van der Waals surface area contributed by atoms with Crippen LogP contribution in [0.4, 0.5) is 0 Å². The summed E-state index contributed by atoms with van der Waals surface area (Å²) in [6.07, 6.45) is 5.13. The number of benzene rings is 1. The van der Waals surface area contributed by atoms with Crippen LogP contribution in [0, 0.1) is 0 Å². The molecule has 0 saturated heterocycles. The SMILES string of the molecule is NCC(=O)c1ccc(C=CCCBr)cc1. The number of carbonyl (C=O) groups is 1. The molecule has 2 N–H and O–H groups in total. The molecule has 3 heteroatoms. The molecule has 1 rings (SSSR count). The first kappa shape index (κ1) is 12.1. The van der Waals surface area contributed by atoms with Crippen LogP contribution in [0.1, 0.15) is 22.3 Å². The van der Waals surface area contributed by atoms with E-state index in [4.69, 9.17) is 5.73 Å². The third kappa shape index (κ3) is 3.98. The minimum Gasteiger partial charge on any atom is -0.324 e. The molecule has 0 aliphatic rings. The van der Waals surface area contributed by atoms with E-state index in [1.807, 2.05) is 30.3 Å². The molecule has 15 heavy (non-hydrogen) atoms. The molecular weight excluding hydrogens is 254 g/mol. The van der Waals surface area contributed by atoms with Crippen molar-refractivity contribution in [1.29, 1.82) is 0 Å². The molecule has 1 aromatic rings. The Morgan fingerprint density at radius 3 is 2.53 bits per heavy atom. The Morgan fingerprint density at radius 2 is 2.00 bits per heavy atom. The summed E-state index contributed by atoms with van der Waals surface area (Å²) < 4.78 is 0. The number of halogens is 1. The molecule has 1 aromatic carbocycles. The number of rotatable bonds is 5. The lowest BCUT2D eigenvalue weighted by Crippen LogP contribution is -2.13. The highest BCUT2D eigenvalue weighted by atomic mass is 79.9. The van der Waals surface area contributed by atoms with Crippen LogP contribution in [0.3, 0.4) is 0 Å².